The highest BCUT2D eigenvalue weighted by Gasteiger charge is 2.41. The molecule has 1 aromatic carbocycles. The van der Waals surface area contributed by atoms with Crippen LogP contribution in [-0.4, -0.2) is 53.9 Å². The minimum atomic E-state index is -0.972. The molecule has 0 radical (unpaired) electrons. The topological polar surface area (TPSA) is 109 Å². The summed E-state index contributed by atoms with van der Waals surface area (Å²) in [7, 11) is 0. The maximum Gasteiger partial charge on any atom is 0.335 e. The highest BCUT2D eigenvalue weighted by Crippen LogP contribution is 2.27. The quantitative estimate of drug-likeness (QED) is 0.248. The Kier molecular flexibility index (Phi) is 8.73. The predicted molar refractivity (Wildman–Crippen MR) is 146 cm³/mol. The third kappa shape index (κ3) is 6.02. The number of thiazole rings is 1. The SMILES string of the molecule is CCCCc1ncc(/C=C2\C(=O)N(CCCC)C(=O)N2Cc2csc(C)n2)n1Cc1ccc(C(=O)O)cc1. The summed E-state index contributed by atoms with van der Waals surface area (Å²) in [6.45, 7) is 7.11. The van der Waals surface area contributed by atoms with Crippen molar-refractivity contribution in [2.75, 3.05) is 6.54 Å². The summed E-state index contributed by atoms with van der Waals surface area (Å²) in [6, 6.07) is 6.42. The number of carbonyl (C=O) groups is 3. The van der Waals surface area contributed by atoms with Crippen molar-refractivity contribution >= 4 is 35.3 Å². The summed E-state index contributed by atoms with van der Waals surface area (Å²) in [6.07, 6.45) is 7.83. The van der Waals surface area contributed by atoms with Crippen LogP contribution in [0.2, 0.25) is 0 Å². The van der Waals surface area contributed by atoms with Crippen molar-refractivity contribution in [1.29, 1.82) is 0 Å². The van der Waals surface area contributed by atoms with Crippen LogP contribution in [0.4, 0.5) is 4.79 Å². The molecule has 3 heterocycles. The normalized spacial score (nSPS) is 14.8. The Balaban J connectivity index is 1.72. The van der Waals surface area contributed by atoms with E-state index in [1.54, 1.807) is 36.5 Å². The first-order valence-electron chi connectivity index (χ1n) is 12.9. The fourth-order valence-electron chi connectivity index (χ4n) is 4.37. The Labute approximate surface area is 226 Å². The molecular weight excluding hydrogens is 502 g/mol. The van der Waals surface area contributed by atoms with Crippen molar-refractivity contribution in [2.24, 2.45) is 0 Å². The van der Waals surface area contributed by atoms with Crippen LogP contribution in [0, 0.1) is 6.92 Å². The van der Waals surface area contributed by atoms with Crippen LogP contribution in [0.3, 0.4) is 0 Å². The monoisotopic (exact) mass is 535 g/mol. The second-order valence-corrected chi connectivity index (χ2v) is 10.4. The number of hydrogen-bond acceptors (Lipinski definition) is 6. The molecule has 0 aliphatic carbocycles. The lowest BCUT2D eigenvalue weighted by atomic mass is 10.1. The van der Waals surface area contributed by atoms with Gasteiger partial charge in [-0.3, -0.25) is 14.6 Å². The second kappa shape index (κ2) is 12.2. The molecule has 0 bridgehead atoms. The van der Waals surface area contributed by atoms with Gasteiger partial charge in [0.05, 0.1) is 34.7 Å². The van der Waals surface area contributed by atoms with Gasteiger partial charge < -0.3 is 9.67 Å². The van der Waals surface area contributed by atoms with Crippen molar-refractivity contribution in [3.8, 4) is 0 Å². The van der Waals surface area contributed by atoms with Crippen LogP contribution in [0.5, 0.6) is 0 Å². The fraction of sp³-hybridized carbons (Fsp3) is 0.393. The molecule has 1 N–H and O–H groups in total. The first kappa shape index (κ1) is 27.3. The Morgan fingerprint density at radius 3 is 2.42 bits per heavy atom. The van der Waals surface area contributed by atoms with Gasteiger partial charge in [0.15, 0.2) is 0 Å². The van der Waals surface area contributed by atoms with Gasteiger partial charge in [-0.1, -0.05) is 38.8 Å². The number of hydrogen-bond donors (Lipinski definition) is 1. The lowest BCUT2D eigenvalue weighted by molar-refractivity contribution is -0.123. The third-order valence-corrected chi connectivity index (χ3v) is 7.31. The summed E-state index contributed by atoms with van der Waals surface area (Å²) < 4.78 is 2.04. The van der Waals surface area contributed by atoms with Crippen LogP contribution >= 0.6 is 11.3 Å². The van der Waals surface area contributed by atoms with Gasteiger partial charge in [0.25, 0.3) is 5.91 Å². The van der Waals surface area contributed by atoms with E-state index in [-0.39, 0.29) is 24.0 Å². The Bertz CT molecular complexity index is 1340. The summed E-state index contributed by atoms with van der Waals surface area (Å²) in [5, 5.41) is 12.0. The van der Waals surface area contributed by atoms with E-state index in [1.165, 1.54) is 21.1 Å². The van der Waals surface area contributed by atoms with E-state index in [1.807, 2.05) is 23.8 Å². The summed E-state index contributed by atoms with van der Waals surface area (Å²) in [5.74, 6) is -0.410. The molecule has 0 unspecified atom stereocenters. The first-order valence-corrected chi connectivity index (χ1v) is 13.8. The molecule has 10 heteroatoms. The summed E-state index contributed by atoms with van der Waals surface area (Å²) in [5.41, 5.74) is 2.90. The predicted octanol–water partition coefficient (Wildman–Crippen LogP) is 5.34. The largest absolute Gasteiger partial charge is 0.478 e. The lowest BCUT2D eigenvalue weighted by Gasteiger charge is -2.16. The third-order valence-electron chi connectivity index (χ3n) is 6.49. The van der Waals surface area contributed by atoms with Crippen molar-refractivity contribution in [3.63, 3.8) is 0 Å². The van der Waals surface area contributed by atoms with Crippen molar-refractivity contribution in [3.05, 3.63) is 74.9 Å². The van der Waals surface area contributed by atoms with Gasteiger partial charge >= 0.3 is 12.0 Å². The van der Waals surface area contributed by atoms with Gasteiger partial charge in [-0.15, -0.1) is 11.3 Å². The average Bonchev–Trinajstić information content (AvgIpc) is 3.55. The van der Waals surface area contributed by atoms with E-state index in [9.17, 15) is 19.5 Å². The standard InChI is InChI=1S/C28H33N5O4S/c1-4-6-8-25-29-15-23(32(25)16-20-9-11-21(12-10-20)27(35)36)14-24-26(34)31(13-7-5-2)28(37)33(24)17-22-18-38-19(3)30-22/h9-12,14-15,18H,4-8,13,16-17H2,1-3H3,(H,35,36)/b24-14+. The van der Waals surface area contributed by atoms with E-state index >= 15 is 0 Å². The molecule has 0 saturated carbocycles. The molecule has 1 fully saturated rings. The molecule has 1 saturated heterocycles. The zero-order valence-corrected chi connectivity index (χ0v) is 22.8. The van der Waals surface area contributed by atoms with Crippen LogP contribution in [0.15, 0.2) is 41.5 Å². The number of carboxylic acid groups (broad SMARTS) is 1. The van der Waals surface area contributed by atoms with E-state index in [0.29, 0.717) is 24.5 Å². The number of unbranched alkanes of at least 4 members (excludes halogenated alkanes) is 2. The number of aryl methyl sites for hydroxylation is 2. The van der Waals surface area contributed by atoms with Gasteiger partial charge in [0.2, 0.25) is 0 Å². The Hall–Kier alpha value is -3.79. The highest BCUT2D eigenvalue weighted by molar-refractivity contribution is 7.09. The molecule has 0 atom stereocenters. The van der Waals surface area contributed by atoms with E-state index in [4.69, 9.17) is 0 Å². The minimum Gasteiger partial charge on any atom is -0.478 e. The number of rotatable bonds is 12. The molecule has 4 rings (SSSR count). The number of carbonyl (C=O) groups excluding carboxylic acids is 2. The van der Waals surface area contributed by atoms with Gasteiger partial charge in [-0.05, 0) is 43.5 Å². The Morgan fingerprint density at radius 2 is 1.79 bits per heavy atom. The van der Waals surface area contributed by atoms with E-state index < -0.39 is 5.97 Å². The summed E-state index contributed by atoms with van der Waals surface area (Å²) >= 11 is 1.51. The highest BCUT2D eigenvalue weighted by atomic mass is 32.1. The molecule has 0 spiro atoms. The molecule has 38 heavy (non-hydrogen) atoms. The Morgan fingerprint density at radius 1 is 1.05 bits per heavy atom. The molecule has 3 amide bonds. The van der Waals surface area contributed by atoms with Gasteiger partial charge in [0.1, 0.15) is 11.5 Å². The van der Waals surface area contributed by atoms with Crippen LogP contribution in [0.1, 0.15) is 77.7 Å². The van der Waals surface area contributed by atoms with Gasteiger partial charge in [-0.2, -0.15) is 0 Å². The maximum absolute atomic E-state index is 13.5. The number of nitrogens with zero attached hydrogens (tertiary/aromatic N) is 5. The van der Waals surface area contributed by atoms with Crippen molar-refractivity contribution in [1.82, 2.24) is 24.3 Å². The van der Waals surface area contributed by atoms with Gasteiger partial charge in [0, 0.05) is 24.9 Å². The number of benzene rings is 1. The number of imide groups is 1. The second-order valence-electron chi connectivity index (χ2n) is 9.36. The zero-order valence-electron chi connectivity index (χ0n) is 22.0. The molecule has 2 aromatic heterocycles. The fourth-order valence-corrected chi connectivity index (χ4v) is 4.98. The number of carboxylic acids is 1. The number of aromatic carboxylic acids is 1. The lowest BCUT2D eigenvalue weighted by Crippen LogP contribution is -2.33. The summed E-state index contributed by atoms with van der Waals surface area (Å²) in [4.78, 5) is 50.1. The first-order chi connectivity index (χ1) is 18.3. The zero-order chi connectivity index (χ0) is 27.2. The van der Waals surface area contributed by atoms with Crippen molar-refractivity contribution < 1.29 is 19.5 Å². The van der Waals surface area contributed by atoms with E-state index in [0.717, 1.165) is 54.2 Å². The molecular formula is C28H33N5O4S. The smallest absolute Gasteiger partial charge is 0.335 e. The number of imidazole rings is 1. The van der Waals surface area contributed by atoms with Gasteiger partial charge in [-0.25, -0.2) is 19.6 Å². The molecule has 1 aliphatic rings. The molecule has 1 aliphatic heterocycles. The van der Waals surface area contributed by atoms with Crippen LogP contribution in [-0.2, 0) is 24.3 Å². The number of aromatic nitrogens is 3. The molecule has 200 valence electrons. The molecule has 3 aromatic rings. The maximum atomic E-state index is 13.5. The number of amides is 3. The van der Waals surface area contributed by atoms with E-state index in [2.05, 4.69) is 16.9 Å². The van der Waals surface area contributed by atoms with Crippen LogP contribution in [0.25, 0.3) is 6.08 Å². The number of urea groups is 1. The van der Waals surface area contributed by atoms with Crippen LogP contribution < -0.4 is 0 Å². The van der Waals surface area contributed by atoms with Crippen molar-refractivity contribution in [2.45, 2.75) is 66.0 Å². The molecule has 9 nitrogen and oxygen atoms in total. The minimum absolute atomic E-state index is 0.219. The average molecular weight is 536 g/mol.